The fourth-order valence-corrected chi connectivity index (χ4v) is 3.24. The highest BCUT2D eigenvalue weighted by atomic mass is 32.1. The monoisotopic (exact) mass is 258 g/mol. The number of nitrogens with zero attached hydrogens (tertiary/aromatic N) is 2. The van der Waals surface area contributed by atoms with Gasteiger partial charge in [-0.1, -0.05) is 31.5 Å². The molecule has 4 heteroatoms. The Morgan fingerprint density at radius 3 is 2.25 bits per heavy atom. The first kappa shape index (κ1) is 12.7. The molecule has 1 aliphatic heterocycles. The van der Waals surface area contributed by atoms with Crippen molar-refractivity contribution in [1.82, 2.24) is 9.80 Å². The lowest BCUT2D eigenvalue weighted by Crippen LogP contribution is -2.48. The standard InChI is InChI=1S/C12H22N2S2/c15-12(16)14-8-6-13(7-9-14)10-11-4-2-1-3-5-11/h11H,1-10H2,(H,15,16). The maximum atomic E-state index is 5.09. The lowest BCUT2D eigenvalue weighted by atomic mass is 9.89. The summed E-state index contributed by atoms with van der Waals surface area (Å²) in [5.74, 6) is 0.961. The smallest absolute Gasteiger partial charge is 0.133 e. The minimum absolute atomic E-state index is 0.761. The van der Waals surface area contributed by atoms with E-state index < -0.39 is 0 Å². The summed E-state index contributed by atoms with van der Waals surface area (Å²) < 4.78 is 0.761. The summed E-state index contributed by atoms with van der Waals surface area (Å²) in [5.41, 5.74) is 0. The first-order valence-electron chi connectivity index (χ1n) is 6.46. The number of thiocarbonyl (C=S) groups is 1. The molecule has 0 unspecified atom stereocenters. The quantitative estimate of drug-likeness (QED) is 0.601. The molecule has 0 aromatic carbocycles. The van der Waals surface area contributed by atoms with E-state index in [4.69, 9.17) is 12.2 Å². The van der Waals surface area contributed by atoms with E-state index in [-0.39, 0.29) is 0 Å². The van der Waals surface area contributed by atoms with Crippen LogP contribution < -0.4 is 0 Å². The molecule has 1 aliphatic carbocycles. The molecule has 0 N–H and O–H groups in total. The molecule has 0 spiro atoms. The molecular weight excluding hydrogens is 236 g/mol. The molecule has 2 fully saturated rings. The summed E-state index contributed by atoms with van der Waals surface area (Å²) in [4.78, 5) is 4.81. The molecule has 0 aromatic rings. The Kier molecular flexibility index (Phi) is 4.92. The highest BCUT2D eigenvalue weighted by molar-refractivity contribution is 8.10. The van der Waals surface area contributed by atoms with Crippen molar-refractivity contribution in [3.05, 3.63) is 0 Å². The van der Waals surface area contributed by atoms with Crippen molar-refractivity contribution in [3.63, 3.8) is 0 Å². The van der Waals surface area contributed by atoms with Crippen LogP contribution in [0.3, 0.4) is 0 Å². The van der Waals surface area contributed by atoms with Gasteiger partial charge in [0.05, 0.1) is 0 Å². The third-order valence-corrected chi connectivity index (χ3v) is 4.42. The number of rotatable bonds is 2. The van der Waals surface area contributed by atoms with Crippen molar-refractivity contribution >= 4 is 29.2 Å². The van der Waals surface area contributed by atoms with Crippen LogP contribution in [0.5, 0.6) is 0 Å². The van der Waals surface area contributed by atoms with Gasteiger partial charge in [-0.2, -0.15) is 0 Å². The van der Waals surface area contributed by atoms with E-state index in [1.54, 1.807) is 0 Å². The summed E-state index contributed by atoms with van der Waals surface area (Å²) in [6.45, 7) is 5.77. The van der Waals surface area contributed by atoms with Gasteiger partial charge in [0.2, 0.25) is 0 Å². The van der Waals surface area contributed by atoms with Gasteiger partial charge < -0.3 is 4.90 Å². The average molecular weight is 258 g/mol. The van der Waals surface area contributed by atoms with E-state index in [9.17, 15) is 0 Å². The van der Waals surface area contributed by atoms with Crippen LogP contribution in [-0.4, -0.2) is 46.8 Å². The molecule has 2 rings (SSSR count). The zero-order valence-corrected chi connectivity index (χ0v) is 11.6. The largest absolute Gasteiger partial charge is 0.355 e. The van der Waals surface area contributed by atoms with Gasteiger partial charge in [-0.3, -0.25) is 4.90 Å². The predicted molar refractivity (Wildman–Crippen MR) is 76.2 cm³/mol. The lowest BCUT2D eigenvalue weighted by molar-refractivity contribution is 0.147. The topological polar surface area (TPSA) is 6.48 Å². The van der Waals surface area contributed by atoms with E-state index in [1.807, 2.05) is 0 Å². The Labute approximate surface area is 110 Å². The first-order chi connectivity index (χ1) is 7.75. The second-order valence-corrected chi connectivity index (χ2v) is 6.19. The Morgan fingerprint density at radius 2 is 1.69 bits per heavy atom. The Morgan fingerprint density at radius 1 is 1.06 bits per heavy atom. The van der Waals surface area contributed by atoms with Crippen LogP contribution in [0.25, 0.3) is 0 Å². The normalized spacial score (nSPS) is 24.7. The van der Waals surface area contributed by atoms with Crippen LogP contribution in [0.2, 0.25) is 0 Å². The fourth-order valence-electron chi connectivity index (χ4n) is 2.86. The van der Waals surface area contributed by atoms with Crippen molar-refractivity contribution in [3.8, 4) is 0 Å². The third-order valence-electron chi connectivity index (χ3n) is 3.88. The summed E-state index contributed by atoms with van der Waals surface area (Å²) in [6.07, 6.45) is 7.26. The predicted octanol–water partition coefficient (Wildman–Crippen LogP) is 2.40. The van der Waals surface area contributed by atoms with Crippen molar-refractivity contribution in [2.75, 3.05) is 32.7 Å². The minimum Gasteiger partial charge on any atom is -0.355 e. The maximum Gasteiger partial charge on any atom is 0.133 e. The minimum atomic E-state index is 0.761. The number of hydrogen-bond donors (Lipinski definition) is 1. The highest BCUT2D eigenvalue weighted by Gasteiger charge is 2.21. The van der Waals surface area contributed by atoms with E-state index in [0.717, 1.165) is 36.4 Å². The third kappa shape index (κ3) is 3.60. The van der Waals surface area contributed by atoms with Crippen LogP contribution in [0.1, 0.15) is 32.1 Å². The molecule has 0 radical (unpaired) electrons. The summed E-state index contributed by atoms with van der Waals surface area (Å²) in [7, 11) is 0. The molecule has 0 amide bonds. The van der Waals surface area contributed by atoms with Gasteiger partial charge in [0.1, 0.15) is 4.32 Å². The molecular formula is C12H22N2S2. The molecule has 1 heterocycles. The van der Waals surface area contributed by atoms with E-state index in [1.165, 1.54) is 38.6 Å². The lowest BCUT2D eigenvalue weighted by Gasteiger charge is -2.37. The number of piperazine rings is 1. The van der Waals surface area contributed by atoms with Crippen molar-refractivity contribution in [1.29, 1.82) is 0 Å². The van der Waals surface area contributed by atoms with Crippen molar-refractivity contribution in [2.24, 2.45) is 5.92 Å². The van der Waals surface area contributed by atoms with Gasteiger partial charge in [0, 0.05) is 32.7 Å². The molecule has 1 saturated carbocycles. The van der Waals surface area contributed by atoms with Crippen LogP contribution in [0.15, 0.2) is 0 Å². The maximum absolute atomic E-state index is 5.09. The van der Waals surface area contributed by atoms with Crippen LogP contribution in [-0.2, 0) is 0 Å². The molecule has 2 aliphatic rings. The molecule has 0 aromatic heterocycles. The molecule has 2 nitrogen and oxygen atoms in total. The highest BCUT2D eigenvalue weighted by Crippen LogP contribution is 2.24. The molecule has 16 heavy (non-hydrogen) atoms. The Bertz CT molecular complexity index is 231. The summed E-state index contributed by atoms with van der Waals surface area (Å²) in [5, 5.41) is 0. The summed E-state index contributed by atoms with van der Waals surface area (Å²) in [6, 6.07) is 0. The van der Waals surface area contributed by atoms with Crippen LogP contribution in [0, 0.1) is 5.92 Å². The van der Waals surface area contributed by atoms with E-state index in [0.29, 0.717) is 0 Å². The van der Waals surface area contributed by atoms with Crippen molar-refractivity contribution in [2.45, 2.75) is 32.1 Å². The Balaban J connectivity index is 1.70. The van der Waals surface area contributed by atoms with Gasteiger partial charge in [-0.15, -0.1) is 12.6 Å². The van der Waals surface area contributed by atoms with Crippen LogP contribution >= 0.6 is 24.8 Å². The SMILES string of the molecule is S=C(S)N1CCN(CC2CCCCC2)CC1. The zero-order chi connectivity index (χ0) is 11.4. The molecule has 1 saturated heterocycles. The Hall–Kier alpha value is 0.200. The summed E-state index contributed by atoms with van der Waals surface area (Å²) >= 11 is 9.33. The zero-order valence-electron chi connectivity index (χ0n) is 9.90. The average Bonchev–Trinajstić information content (AvgIpc) is 2.31. The van der Waals surface area contributed by atoms with Crippen molar-refractivity contribution < 1.29 is 0 Å². The molecule has 0 atom stereocenters. The second kappa shape index (κ2) is 6.22. The molecule has 92 valence electrons. The van der Waals surface area contributed by atoms with Gasteiger partial charge in [-0.25, -0.2) is 0 Å². The van der Waals surface area contributed by atoms with Crippen LogP contribution in [0.4, 0.5) is 0 Å². The van der Waals surface area contributed by atoms with Gasteiger partial charge in [0.25, 0.3) is 0 Å². The first-order valence-corrected chi connectivity index (χ1v) is 7.31. The van der Waals surface area contributed by atoms with Gasteiger partial charge >= 0.3 is 0 Å². The fraction of sp³-hybridized carbons (Fsp3) is 0.917. The second-order valence-electron chi connectivity index (χ2n) is 5.07. The number of thiol groups is 1. The van der Waals surface area contributed by atoms with Gasteiger partial charge in [0.15, 0.2) is 0 Å². The van der Waals surface area contributed by atoms with Gasteiger partial charge in [-0.05, 0) is 18.8 Å². The van der Waals surface area contributed by atoms with E-state index in [2.05, 4.69) is 22.4 Å². The molecule has 0 bridgehead atoms. The number of hydrogen-bond acceptors (Lipinski definition) is 2. The van der Waals surface area contributed by atoms with E-state index >= 15 is 0 Å².